The summed E-state index contributed by atoms with van der Waals surface area (Å²) in [5.41, 5.74) is 0. The van der Waals surface area contributed by atoms with Crippen LogP contribution in [0.2, 0.25) is 0 Å². The van der Waals surface area contributed by atoms with E-state index in [4.69, 9.17) is 48.5 Å². The molecule has 0 bridgehead atoms. The van der Waals surface area contributed by atoms with Crippen LogP contribution < -0.4 is 6.15 Å². The Morgan fingerprint density at radius 3 is 0.714 bits per heavy atom. The van der Waals surface area contributed by atoms with Gasteiger partial charge in [0.1, 0.15) is 0 Å². The van der Waals surface area contributed by atoms with Crippen molar-refractivity contribution in [3.63, 3.8) is 0 Å². The van der Waals surface area contributed by atoms with Crippen molar-refractivity contribution < 1.29 is 8.65 Å². The van der Waals surface area contributed by atoms with Crippen molar-refractivity contribution in [3.05, 3.63) is 0 Å². The fourth-order valence-electron chi connectivity index (χ4n) is 0. The first-order valence-corrected chi connectivity index (χ1v) is 11.9. The predicted octanol–water partition coefficient (Wildman–Crippen LogP) is 3.61. The average Bonchev–Trinajstić information content (AvgIpc) is 0.650. The summed E-state index contributed by atoms with van der Waals surface area (Å²) in [6.45, 7) is 0. The molecule has 0 unspecified atom stereocenters. The van der Waals surface area contributed by atoms with Crippen molar-refractivity contribution in [2.24, 2.45) is 0 Å². The first kappa shape index (κ1) is 11.8. The van der Waals surface area contributed by atoms with E-state index in [0.29, 0.717) is 0 Å². The van der Waals surface area contributed by atoms with E-state index >= 15 is 0 Å². The third-order valence-electron chi connectivity index (χ3n) is 0. The zero-order valence-corrected chi connectivity index (χ0v) is 8.47. The second-order valence-corrected chi connectivity index (χ2v) is 26.9. The van der Waals surface area contributed by atoms with E-state index in [2.05, 4.69) is 0 Å². The molecular weight excluding hydrogens is 292 g/mol. The molecule has 0 atom stereocenters. The molecule has 0 spiro atoms. The van der Waals surface area contributed by atoms with Gasteiger partial charge in [-0.2, -0.15) is 0 Å². The molecule has 0 aliphatic heterocycles. The minimum absolute atomic E-state index is 0. The summed E-state index contributed by atoms with van der Waals surface area (Å²) in [4.78, 5) is 0. The molecule has 0 rings (SSSR count). The van der Waals surface area contributed by atoms with Gasteiger partial charge in [-0.1, -0.05) is 0 Å². The van der Waals surface area contributed by atoms with Gasteiger partial charge in [-0.25, -0.2) is 0 Å². The van der Waals surface area contributed by atoms with E-state index < -0.39 is 8.65 Å². The molecule has 0 aliphatic rings. The van der Waals surface area contributed by atoms with Crippen LogP contribution in [0.15, 0.2) is 0 Å². The fourth-order valence-corrected chi connectivity index (χ4v) is 0. The van der Waals surface area contributed by atoms with Crippen LogP contribution in [0.25, 0.3) is 0 Å². The number of rotatable bonds is 0. The molecule has 0 saturated carbocycles. The topological polar surface area (TPSA) is 35.0 Å². The van der Waals surface area contributed by atoms with Crippen LogP contribution >= 0.6 is 48.5 Å². The van der Waals surface area contributed by atoms with E-state index in [1.165, 1.54) is 0 Å². The molecule has 0 amide bonds. The Hall–Kier alpha value is 2.03. The average molecular weight is 295 g/mol. The van der Waals surface area contributed by atoms with Gasteiger partial charge in [-0.15, -0.1) is 0 Å². The summed E-state index contributed by atoms with van der Waals surface area (Å²) in [6, 6.07) is 0. The molecule has 0 heterocycles. The summed E-state index contributed by atoms with van der Waals surface area (Å²) in [6.07, 6.45) is 0. The zero-order chi connectivity index (χ0) is 5.45. The third kappa shape index (κ3) is 70.7. The number of halogens is 5. The van der Waals surface area contributed by atoms with Crippen LogP contribution in [-0.4, -0.2) is 0 Å². The van der Waals surface area contributed by atoms with Gasteiger partial charge in [0.15, 0.2) is 0 Å². The quantitative estimate of drug-likeness (QED) is 0.681. The Kier molecular flexibility index (Phi) is 4.62. The van der Waals surface area contributed by atoms with Crippen molar-refractivity contribution in [1.29, 1.82) is 0 Å². The van der Waals surface area contributed by atoms with Crippen molar-refractivity contribution in [2.75, 3.05) is 0 Å². The standard InChI is InChI=1S/5ClH.H3N.Ru/h5*1H;1H3;/q;;;;;;+5/p-5. The van der Waals surface area contributed by atoms with Gasteiger partial charge in [-0.3, -0.25) is 0 Å². The Balaban J connectivity index is 0. The van der Waals surface area contributed by atoms with Gasteiger partial charge < -0.3 is 6.15 Å². The van der Waals surface area contributed by atoms with Crippen LogP contribution in [0, 0.1) is 0 Å². The maximum absolute atomic E-state index is 5.02. The van der Waals surface area contributed by atoms with Gasteiger partial charge in [-0.05, 0) is 0 Å². The zero-order valence-electron chi connectivity index (χ0n) is 2.95. The molecule has 3 N–H and O–H groups in total. The predicted molar refractivity (Wildman–Crippen MR) is 34.3 cm³/mol. The second-order valence-electron chi connectivity index (χ2n) is 0.505. The fraction of sp³-hybridized carbons (Fsp3) is 0. The van der Waals surface area contributed by atoms with Crippen molar-refractivity contribution in [1.82, 2.24) is 6.15 Å². The van der Waals surface area contributed by atoms with E-state index in [-0.39, 0.29) is 6.15 Å². The molecule has 0 radical (unpaired) electrons. The second kappa shape index (κ2) is 2.74. The van der Waals surface area contributed by atoms with Crippen LogP contribution in [-0.2, 0) is 8.65 Å². The van der Waals surface area contributed by atoms with Crippen molar-refractivity contribution in [3.8, 4) is 0 Å². The Morgan fingerprint density at radius 1 is 0.714 bits per heavy atom. The van der Waals surface area contributed by atoms with Gasteiger partial charge in [0.2, 0.25) is 0 Å². The third-order valence-corrected chi connectivity index (χ3v) is 0. The Morgan fingerprint density at radius 2 is 0.714 bits per heavy atom. The van der Waals surface area contributed by atoms with Crippen LogP contribution in [0.5, 0.6) is 0 Å². The molecule has 1 nitrogen and oxygen atoms in total. The first-order valence-electron chi connectivity index (χ1n) is 0.668. The monoisotopic (exact) mass is 294 g/mol. The van der Waals surface area contributed by atoms with Crippen LogP contribution in [0.1, 0.15) is 0 Å². The van der Waals surface area contributed by atoms with Gasteiger partial charge >= 0.3 is 57.1 Å². The normalized spacial score (nSPS) is 16.4. The number of hydrogen-bond donors (Lipinski definition) is 1. The van der Waals surface area contributed by atoms with Crippen molar-refractivity contribution >= 4 is 48.5 Å². The van der Waals surface area contributed by atoms with Crippen LogP contribution in [0.4, 0.5) is 0 Å². The van der Waals surface area contributed by atoms with Crippen LogP contribution in [0.3, 0.4) is 0 Å². The van der Waals surface area contributed by atoms with Gasteiger partial charge in [0, 0.05) is 0 Å². The first-order chi connectivity index (χ1) is 2.24. The molecule has 51 valence electrons. The Bertz CT molecular complexity index is 41.3. The Labute approximate surface area is 62.7 Å². The molecule has 0 aromatic rings. The SMILES string of the molecule is N.[Cl][Ru]([Cl])([Cl])([Cl])[Cl]. The summed E-state index contributed by atoms with van der Waals surface area (Å²) < 4.78 is 0. The van der Waals surface area contributed by atoms with Gasteiger partial charge in [0.25, 0.3) is 0 Å². The summed E-state index contributed by atoms with van der Waals surface area (Å²) in [5.74, 6) is 0. The van der Waals surface area contributed by atoms with E-state index in [0.717, 1.165) is 0 Å². The molecule has 7 heavy (non-hydrogen) atoms. The molecule has 0 aromatic heterocycles. The van der Waals surface area contributed by atoms with E-state index in [1.807, 2.05) is 0 Å². The molecule has 0 saturated heterocycles. The molecule has 7 heteroatoms. The minimum atomic E-state index is -4.11. The van der Waals surface area contributed by atoms with E-state index in [1.54, 1.807) is 0 Å². The summed E-state index contributed by atoms with van der Waals surface area (Å²) in [7, 11) is 21.0. The molecule has 0 aliphatic carbocycles. The summed E-state index contributed by atoms with van der Waals surface area (Å²) >= 11 is 0. The molecule has 0 fully saturated rings. The number of hydrogen-bond acceptors (Lipinski definition) is 1. The van der Waals surface area contributed by atoms with Crippen molar-refractivity contribution in [2.45, 2.75) is 0 Å². The molecular formula is H3Cl5NRu. The molecule has 0 aromatic carbocycles. The summed E-state index contributed by atoms with van der Waals surface area (Å²) in [5, 5.41) is 0. The maximum atomic E-state index is 5.02. The van der Waals surface area contributed by atoms with Gasteiger partial charge in [0.05, 0.1) is 0 Å². The van der Waals surface area contributed by atoms with E-state index in [9.17, 15) is 0 Å².